The molecule has 0 fully saturated rings. The average molecular weight is 424 g/mol. The van der Waals surface area contributed by atoms with E-state index in [0.717, 1.165) is 35.9 Å². The lowest BCUT2D eigenvalue weighted by Crippen LogP contribution is -2.14. The maximum atomic E-state index is 12.9. The van der Waals surface area contributed by atoms with E-state index in [-0.39, 0.29) is 5.78 Å². The molecule has 160 valence electrons. The van der Waals surface area contributed by atoms with Crippen LogP contribution in [0.4, 0.5) is 0 Å². The number of fused-ring (bicyclic) bond motifs is 3. The number of Topliss-reactive ketones (excluding diaryl/α,β-unsaturated/α-hetero) is 1. The van der Waals surface area contributed by atoms with Gasteiger partial charge in [0, 0.05) is 29.6 Å². The van der Waals surface area contributed by atoms with E-state index in [1.165, 1.54) is 23.8 Å². The first-order chi connectivity index (χ1) is 15.7. The van der Waals surface area contributed by atoms with E-state index in [1.54, 1.807) is 6.07 Å². The van der Waals surface area contributed by atoms with Gasteiger partial charge in [-0.1, -0.05) is 60.7 Å². The highest BCUT2D eigenvalue weighted by molar-refractivity contribution is 6.16. The Bertz CT molecular complexity index is 1320. The Hall–Kier alpha value is -3.66. The lowest BCUT2D eigenvalue weighted by molar-refractivity contribution is 0.0603. The Morgan fingerprint density at radius 3 is 2.47 bits per heavy atom. The van der Waals surface area contributed by atoms with Gasteiger partial charge >= 0.3 is 5.97 Å². The number of benzene rings is 3. The summed E-state index contributed by atoms with van der Waals surface area (Å²) in [5, 5.41) is 0.736. The fourth-order valence-electron chi connectivity index (χ4n) is 4.87. The van der Waals surface area contributed by atoms with Crippen LogP contribution in [-0.4, -0.2) is 23.4 Å². The number of ether oxygens (including phenoxy) is 1. The summed E-state index contributed by atoms with van der Waals surface area (Å²) in [5.74, 6) is -0.289. The molecule has 0 aliphatic heterocycles. The molecule has 32 heavy (non-hydrogen) atoms. The third-order valence-electron chi connectivity index (χ3n) is 6.28. The van der Waals surface area contributed by atoms with E-state index in [1.807, 2.05) is 18.2 Å². The maximum absolute atomic E-state index is 12.9. The highest BCUT2D eigenvalue weighted by atomic mass is 16.5. The number of hydrogen-bond donors (Lipinski definition) is 0. The Balaban J connectivity index is 1.59. The van der Waals surface area contributed by atoms with Crippen molar-refractivity contribution in [3.63, 3.8) is 0 Å². The Morgan fingerprint density at radius 1 is 0.906 bits per heavy atom. The molecule has 0 radical (unpaired) electrons. The fraction of sp³-hybridized carbons (Fsp3) is 0.214. The number of nitrogens with zero attached hydrogens (tertiary/aromatic N) is 1. The topological polar surface area (TPSA) is 48.3 Å². The second-order valence-electron chi connectivity index (χ2n) is 8.36. The molecule has 0 bridgehead atoms. The number of rotatable bonds is 5. The Labute approximate surface area is 187 Å². The van der Waals surface area contributed by atoms with Gasteiger partial charge in [-0.15, -0.1) is 0 Å². The normalized spacial score (nSPS) is 13.2. The minimum atomic E-state index is -0.404. The molecule has 1 heterocycles. The Morgan fingerprint density at radius 2 is 1.66 bits per heavy atom. The molecule has 1 aliphatic carbocycles. The third-order valence-corrected chi connectivity index (χ3v) is 6.28. The number of methoxy groups -OCH3 is 1. The Kier molecular flexibility index (Phi) is 5.36. The molecule has 0 atom stereocenters. The van der Waals surface area contributed by atoms with Gasteiger partial charge in [0.1, 0.15) is 0 Å². The van der Waals surface area contributed by atoms with Crippen LogP contribution in [0.25, 0.3) is 10.9 Å². The largest absolute Gasteiger partial charge is 0.465 e. The van der Waals surface area contributed by atoms with Gasteiger partial charge in [-0.2, -0.15) is 0 Å². The first kappa shape index (κ1) is 20.3. The van der Waals surface area contributed by atoms with Gasteiger partial charge < -0.3 is 9.30 Å². The predicted octanol–water partition coefficient (Wildman–Crippen LogP) is 5.59. The van der Waals surface area contributed by atoms with E-state index in [0.29, 0.717) is 24.1 Å². The average Bonchev–Trinajstić information content (AvgIpc) is 3.14. The lowest BCUT2D eigenvalue weighted by Gasteiger charge is -2.16. The van der Waals surface area contributed by atoms with E-state index in [2.05, 4.69) is 53.1 Å². The molecule has 5 rings (SSSR count). The van der Waals surface area contributed by atoms with Crippen LogP contribution in [0.5, 0.6) is 0 Å². The molecule has 4 nitrogen and oxygen atoms in total. The molecule has 1 aliphatic rings. The third kappa shape index (κ3) is 3.62. The van der Waals surface area contributed by atoms with Crippen LogP contribution in [0.1, 0.15) is 55.9 Å². The summed E-state index contributed by atoms with van der Waals surface area (Å²) in [7, 11) is 1.38. The number of aromatic nitrogens is 1. The first-order valence-corrected chi connectivity index (χ1v) is 11.0. The van der Waals surface area contributed by atoms with E-state index in [9.17, 15) is 9.59 Å². The van der Waals surface area contributed by atoms with Crippen molar-refractivity contribution in [1.82, 2.24) is 4.57 Å². The van der Waals surface area contributed by atoms with Crippen molar-refractivity contribution >= 4 is 22.7 Å². The molecule has 0 spiro atoms. The van der Waals surface area contributed by atoms with Crippen molar-refractivity contribution in [2.45, 2.75) is 32.2 Å². The monoisotopic (exact) mass is 423 g/mol. The van der Waals surface area contributed by atoms with E-state index in [4.69, 9.17) is 4.74 Å². The van der Waals surface area contributed by atoms with Crippen molar-refractivity contribution in [3.05, 3.63) is 106 Å². The van der Waals surface area contributed by atoms with Gasteiger partial charge in [-0.3, -0.25) is 4.79 Å². The van der Waals surface area contributed by atoms with Crippen LogP contribution in [0.2, 0.25) is 0 Å². The predicted molar refractivity (Wildman–Crippen MR) is 125 cm³/mol. The lowest BCUT2D eigenvalue weighted by atomic mass is 9.92. The molecule has 0 unspecified atom stereocenters. The smallest absolute Gasteiger partial charge is 0.338 e. The number of ketones is 1. The van der Waals surface area contributed by atoms with Crippen LogP contribution in [-0.2, 0) is 24.1 Å². The zero-order valence-electron chi connectivity index (χ0n) is 18.1. The zero-order chi connectivity index (χ0) is 22.1. The molecular weight excluding hydrogens is 398 g/mol. The molecule has 4 heteroatoms. The van der Waals surface area contributed by atoms with E-state index >= 15 is 0 Å². The molecule has 0 saturated heterocycles. The SMILES string of the molecule is COC(=O)c1cccc2c1c1c(n2Cc2cccc(Cc3ccccc3)c2)CCCC1=O. The molecule has 4 aromatic rings. The van der Waals surface area contributed by atoms with Crippen LogP contribution in [0.3, 0.4) is 0 Å². The van der Waals surface area contributed by atoms with Crippen LogP contribution in [0, 0.1) is 0 Å². The van der Waals surface area contributed by atoms with Gasteiger partial charge in [-0.25, -0.2) is 4.79 Å². The summed E-state index contributed by atoms with van der Waals surface area (Å²) in [6, 6.07) is 24.7. The molecule has 0 saturated carbocycles. The molecule has 1 aromatic heterocycles. The van der Waals surface area contributed by atoms with Crippen LogP contribution < -0.4 is 0 Å². The summed E-state index contributed by atoms with van der Waals surface area (Å²) in [6.45, 7) is 0.659. The van der Waals surface area contributed by atoms with Gasteiger partial charge in [0.25, 0.3) is 0 Å². The van der Waals surface area contributed by atoms with Crippen molar-refractivity contribution in [2.24, 2.45) is 0 Å². The summed E-state index contributed by atoms with van der Waals surface area (Å²) in [4.78, 5) is 25.4. The molecule has 3 aromatic carbocycles. The number of hydrogen-bond acceptors (Lipinski definition) is 3. The number of carbonyl (C=O) groups is 2. The minimum absolute atomic E-state index is 0.115. The number of carbonyl (C=O) groups excluding carboxylic acids is 2. The summed E-state index contributed by atoms with van der Waals surface area (Å²) in [6.07, 6.45) is 3.07. The van der Waals surface area contributed by atoms with Crippen molar-refractivity contribution in [3.8, 4) is 0 Å². The molecule has 0 N–H and O–H groups in total. The zero-order valence-corrected chi connectivity index (χ0v) is 18.1. The second kappa shape index (κ2) is 8.46. The minimum Gasteiger partial charge on any atom is -0.465 e. The van der Waals surface area contributed by atoms with Gasteiger partial charge in [0.15, 0.2) is 5.78 Å². The molecular formula is C28H25NO3. The highest BCUT2D eigenvalue weighted by Crippen LogP contribution is 2.35. The van der Waals surface area contributed by atoms with Gasteiger partial charge in [-0.05, 0) is 48.1 Å². The van der Waals surface area contributed by atoms with Gasteiger partial charge in [0.05, 0.1) is 18.2 Å². The maximum Gasteiger partial charge on any atom is 0.338 e. The summed E-state index contributed by atoms with van der Waals surface area (Å²) >= 11 is 0. The number of esters is 1. The summed E-state index contributed by atoms with van der Waals surface area (Å²) < 4.78 is 7.23. The summed E-state index contributed by atoms with van der Waals surface area (Å²) in [5.41, 5.74) is 6.83. The first-order valence-electron chi connectivity index (χ1n) is 11.0. The van der Waals surface area contributed by atoms with Crippen molar-refractivity contribution in [1.29, 1.82) is 0 Å². The fourth-order valence-corrected chi connectivity index (χ4v) is 4.87. The van der Waals surface area contributed by atoms with E-state index < -0.39 is 5.97 Å². The van der Waals surface area contributed by atoms with Crippen LogP contribution >= 0.6 is 0 Å². The quantitative estimate of drug-likeness (QED) is 0.393. The van der Waals surface area contributed by atoms with Crippen molar-refractivity contribution in [2.75, 3.05) is 7.11 Å². The second-order valence-corrected chi connectivity index (χ2v) is 8.36. The van der Waals surface area contributed by atoms with Gasteiger partial charge in [0.2, 0.25) is 0 Å². The standard InChI is InChI=1S/C28H25NO3/c1-32-28(31)22-12-6-13-23-26(22)27-24(14-7-15-25(27)30)29(23)18-21-11-5-10-20(17-21)16-19-8-3-2-4-9-19/h2-6,8-13,17H,7,14-16,18H2,1H3. The van der Waals surface area contributed by atoms with Crippen molar-refractivity contribution < 1.29 is 14.3 Å². The highest BCUT2D eigenvalue weighted by Gasteiger charge is 2.29. The molecule has 0 amide bonds. The van der Waals surface area contributed by atoms with Crippen LogP contribution in [0.15, 0.2) is 72.8 Å².